The van der Waals surface area contributed by atoms with Crippen molar-refractivity contribution in [3.8, 4) is 5.75 Å². The minimum atomic E-state index is 0.371. The van der Waals surface area contributed by atoms with Gasteiger partial charge in [0.1, 0.15) is 23.7 Å². The summed E-state index contributed by atoms with van der Waals surface area (Å²) in [7, 11) is 3.59. The number of imidazole rings is 1. The van der Waals surface area contributed by atoms with Crippen LogP contribution < -0.4 is 4.74 Å². The molecular formula is C14H16ClN5O. The van der Waals surface area contributed by atoms with E-state index in [1.165, 1.54) is 0 Å². The Morgan fingerprint density at radius 2 is 2.14 bits per heavy atom. The van der Waals surface area contributed by atoms with Gasteiger partial charge in [-0.2, -0.15) is 0 Å². The summed E-state index contributed by atoms with van der Waals surface area (Å²) in [5.74, 6) is 2.95. The number of hydrogen-bond donors (Lipinski definition) is 0. The standard InChI is InChI=1S/C14H16ClN5O/c1-19-9-16-18-13(19)5-6-20-12-4-3-10(21-2)7-11(12)17-14(20)8-15/h3-4,7,9H,5-6,8H2,1-2H3. The van der Waals surface area contributed by atoms with Gasteiger partial charge in [-0.3, -0.25) is 0 Å². The van der Waals surface area contributed by atoms with Gasteiger partial charge < -0.3 is 13.9 Å². The highest BCUT2D eigenvalue weighted by atomic mass is 35.5. The Balaban J connectivity index is 1.94. The predicted octanol–water partition coefficient (Wildman–Crippen LogP) is 2.15. The Hall–Kier alpha value is -2.08. The average molecular weight is 306 g/mol. The van der Waals surface area contributed by atoms with E-state index in [9.17, 15) is 0 Å². The number of aromatic nitrogens is 5. The number of halogens is 1. The van der Waals surface area contributed by atoms with Gasteiger partial charge in [-0.25, -0.2) is 4.98 Å². The van der Waals surface area contributed by atoms with Crippen LogP contribution in [0, 0.1) is 0 Å². The molecule has 6 nitrogen and oxygen atoms in total. The minimum Gasteiger partial charge on any atom is -0.497 e. The molecule has 0 amide bonds. The van der Waals surface area contributed by atoms with Crippen molar-refractivity contribution in [2.75, 3.05) is 7.11 Å². The second-order valence-electron chi connectivity index (χ2n) is 4.78. The molecule has 0 saturated carbocycles. The number of methoxy groups -OCH3 is 1. The van der Waals surface area contributed by atoms with Gasteiger partial charge in [0.25, 0.3) is 0 Å². The Bertz CT molecular complexity index is 764. The molecular weight excluding hydrogens is 290 g/mol. The molecule has 0 bridgehead atoms. The molecule has 110 valence electrons. The first-order valence-electron chi connectivity index (χ1n) is 6.65. The summed E-state index contributed by atoms with van der Waals surface area (Å²) >= 11 is 6.02. The maximum atomic E-state index is 6.02. The van der Waals surface area contributed by atoms with E-state index in [1.807, 2.05) is 29.8 Å². The number of ether oxygens (including phenoxy) is 1. The molecule has 0 aliphatic carbocycles. The van der Waals surface area contributed by atoms with Gasteiger partial charge in [-0.05, 0) is 12.1 Å². The quantitative estimate of drug-likeness (QED) is 0.678. The first-order valence-corrected chi connectivity index (χ1v) is 7.18. The van der Waals surface area contributed by atoms with E-state index >= 15 is 0 Å². The third-order valence-electron chi connectivity index (χ3n) is 3.52. The number of hydrogen-bond acceptors (Lipinski definition) is 4. The summed E-state index contributed by atoms with van der Waals surface area (Å²) in [6.07, 6.45) is 2.48. The fraction of sp³-hybridized carbons (Fsp3) is 0.357. The van der Waals surface area contributed by atoms with Crippen LogP contribution in [-0.4, -0.2) is 31.4 Å². The molecule has 0 aliphatic rings. The number of nitrogens with zero attached hydrogens (tertiary/aromatic N) is 5. The largest absolute Gasteiger partial charge is 0.497 e. The van der Waals surface area contributed by atoms with Crippen molar-refractivity contribution < 1.29 is 4.74 Å². The van der Waals surface area contributed by atoms with E-state index in [0.29, 0.717) is 5.88 Å². The fourth-order valence-electron chi connectivity index (χ4n) is 2.38. The lowest BCUT2D eigenvalue weighted by atomic mass is 10.3. The molecule has 0 unspecified atom stereocenters. The van der Waals surface area contributed by atoms with Crippen LogP contribution in [0.15, 0.2) is 24.5 Å². The highest BCUT2D eigenvalue weighted by Gasteiger charge is 2.12. The number of fused-ring (bicyclic) bond motifs is 1. The molecule has 0 spiro atoms. The van der Waals surface area contributed by atoms with E-state index in [-0.39, 0.29) is 0 Å². The first kappa shape index (κ1) is 13.9. The third-order valence-corrected chi connectivity index (χ3v) is 3.76. The van der Waals surface area contributed by atoms with Crippen molar-refractivity contribution in [1.82, 2.24) is 24.3 Å². The Morgan fingerprint density at radius 3 is 2.81 bits per heavy atom. The molecule has 1 aromatic carbocycles. The fourth-order valence-corrected chi connectivity index (χ4v) is 2.59. The SMILES string of the molecule is COc1ccc2c(c1)nc(CCl)n2CCc1nncn1C. The van der Waals surface area contributed by atoms with Crippen molar-refractivity contribution in [1.29, 1.82) is 0 Å². The highest BCUT2D eigenvalue weighted by molar-refractivity contribution is 6.16. The van der Waals surface area contributed by atoms with Gasteiger partial charge in [0.15, 0.2) is 0 Å². The molecule has 3 rings (SSSR count). The van der Waals surface area contributed by atoms with Gasteiger partial charge >= 0.3 is 0 Å². The molecule has 7 heteroatoms. The maximum Gasteiger partial charge on any atom is 0.134 e. The molecule has 0 N–H and O–H groups in total. The molecule has 0 radical (unpaired) electrons. The van der Waals surface area contributed by atoms with E-state index < -0.39 is 0 Å². The monoisotopic (exact) mass is 305 g/mol. The number of alkyl halides is 1. The smallest absolute Gasteiger partial charge is 0.134 e. The summed E-state index contributed by atoms with van der Waals surface area (Å²) < 4.78 is 9.28. The van der Waals surface area contributed by atoms with Crippen molar-refractivity contribution in [2.24, 2.45) is 7.05 Å². The summed E-state index contributed by atoms with van der Waals surface area (Å²) in [5, 5.41) is 8.00. The zero-order valence-electron chi connectivity index (χ0n) is 12.0. The van der Waals surface area contributed by atoms with Crippen molar-refractivity contribution in [3.63, 3.8) is 0 Å². The van der Waals surface area contributed by atoms with E-state index in [0.717, 1.165) is 41.4 Å². The Labute approximate surface area is 127 Å². The molecule has 0 atom stereocenters. The minimum absolute atomic E-state index is 0.371. The van der Waals surface area contributed by atoms with Crippen LogP contribution in [0.5, 0.6) is 5.75 Å². The van der Waals surface area contributed by atoms with Crippen molar-refractivity contribution in [2.45, 2.75) is 18.8 Å². The summed E-state index contributed by atoms with van der Waals surface area (Å²) in [4.78, 5) is 4.57. The van der Waals surface area contributed by atoms with Gasteiger partial charge in [-0.1, -0.05) is 0 Å². The molecule has 0 fully saturated rings. The van der Waals surface area contributed by atoms with Crippen LogP contribution >= 0.6 is 11.6 Å². The van der Waals surface area contributed by atoms with Gasteiger partial charge in [-0.15, -0.1) is 21.8 Å². The predicted molar refractivity (Wildman–Crippen MR) is 80.5 cm³/mol. The lowest BCUT2D eigenvalue weighted by Crippen LogP contribution is -2.08. The van der Waals surface area contributed by atoms with Crippen LogP contribution in [0.25, 0.3) is 11.0 Å². The molecule has 2 aromatic heterocycles. The van der Waals surface area contributed by atoms with Crippen LogP contribution in [0.1, 0.15) is 11.6 Å². The third kappa shape index (κ3) is 2.58. The van der Waals surface area contributed by atoms with Crippen molar-refractivity contribution >= 4 is 22.6 Å². The Morgan fingerprint density at radius 1 is 1.29 bits per heavy atom. The molecule has 0 aliphatic heterocycles. The average Bonchev–Trinajstić information content (AvgIpc) is 3.07. The molecule has 2 heterocycles. The van der Waals surface area contributed by atoms with Crippen LogP contribution in [0.3, 0.4) is 0 Å². The summed E-state index contributed by atoms with van der Waals surface area (Å²) in [6.45, 7) is 0.761. The number of rotatable bonds is 5. The maximum absolute atomic E-state index is 6.02. The Kier molecular flexibility index (Phi) is 3.79. The van der Waals surface area contributed by atoms with Gasteiger partial charge in [0, 0.05) is 26.1 Å². The second-order valence-corrected chi connectivity index (χ2v) is 5.04. The summed E-state index contributed by atoms with van der Waals surface area (Å²) in [6, 6.07) is 5.86. The lowest BCUT2D eigenvalue weighted by molar-refractivity contribution is 0.415. The van der Waals surface area contributed by atoms with E-state index in [2.05, 4.69) is 19.7 Å². The van der Waals surface area contributed by atoms with E-state index in [1.54, 1.807) is 13.4 Å². The summed E-state index contributed by atoms with van der Waals surface area (Å²) in [5.41, 5.74) is 1.94. The van der Waals surface area contributed by atoms with E-state index in [4.69, 9.17) is 16.3 Å². The molecule has 0 saturated heterocycles. The first-order chi connectivity index (χ1) is 10.2. The molecule has 21 heavy (non-hydrogen) atoms. The normalized spacial score (nSPS) is 11.2. The zero-order valence-corrected chi connectivity index (χ0v) is 12.7. The molecule has 3 aromatic rings. The second kappa shape index (κ2) is 5.73. The number of benzene rings is 1. The van der Waals surface area contributed by atoms with Crippen LogP contribution in [0.2, 0.25) is 0 Å². The van der Waals surface area contributed by atoms with Gasteiger partial charge in [0.05, 0.1) is 24.0 Å². The lowest BCUT2D eigenvalue weighted by Gasteiger charge is -2.07. The van der Waals surface area contributed by atoms with Crippen LogP contribution in [-0.2, 0) is 25.9 Å². The topological polar surface area (TPSA) is 57.8 Å². The zero-order chi connectivity index (χ0) is 14.8. The van der Waals surface area contributed by atoms with Crippen molar-refractivity contribution in [3.05, 3.63) is 36.2 Å². The van der Waals surface area contributed by atoms with Crippen LogP contribution in [0.4, 0.5) is 0 Å². The van der Waals surface area contributed by atoms with Gasteiger partial charge in [0.2, 0.25) is 0 Å². The number of aryl methyl sites for hydroxylation is 3. The highest BCUT2D eigenvalue weighted by Crippen LogP contribution is 2.23.